The quantitative estimate of drug-likeness (QED) is 0.493. The van der Waals surface area contributed by atoms with Crippen LogP contribution >= 0.6 is 11.3 Å². The number of nitrogens with zero attached hydrogens (tertiary/aromatic N) is 2. The fourth-order valence-corrected chi connectivity index (χ4v) is 5.94. The molecule has 0 bridgehead atoms. The SMILES string of the molecule is Cc1ccc(-c2nc(COC(=O)C3CCN(S(=O)(=O)c4ccc(C)cc4)CC3)cs2)cc1. The molecular formula is C24H26N2O4S2. The molecule has 0 atom stereocenters. The maximum atomic E-state index is 12.8. The second-order valence-electron chi connectivity index (χ2n) is 8.11. The molecule has 168 valence electrons. The molecule has 0 N–H and O–H groups in total. The Hall–Kier alpha value is -2.55. The van der Waals surface area contributed by atoms with Crippen LogP contribution in [0.2, 0.25) is 0 Å². The van der Waals surface area contributed by atoms with Crippen LogP contribution in [0.4, 0.5) is 0 Å². The summed E-state index contributed by atoms with van der Waals surface area (Å²) in [7, 11) is -3.54. The topological polar surface area (TPSA) is 76.6 Å². The first-order valence-electron chi connectivity index (χ1n) is 10.6. The minimum absolute atomic E-state index is 0.128. The van der Waals surface area contributed by atoms with Crippen molar-refractivity contribution < 1.29 is 17.9 Å². The first-order chi connectivity index (χ1) is 15.3. The number of piperidine rings is 1. The maximum absolute atomic E-state index is 12.8. The van der Waals surface area contributed by atoms with Crippen molar-refractivity contribution in [3.05, 3.63) is 70.7 Å². The third-order valence-electron chi connectivity index (χ3n) is 5.66. The predicted octanol–water partition coefficient (Wildman–Crippen LogP) is 4.57. The first-order valence-corrected chi connectivity index (χ1v) is 12.9. The number of esters is 1. The maximum Gasteiger partial charge on any atom is 0.309 e. The van der Waals surface area contributed by atoms with Gasteiger partial charge in [0.25, 0.3) is 0 Å². The summed E-state index contributed by atoms with van der Waals surface area (Å²) in [6.45, 7) is 4.71. The summed E-state index contributed by atoms with van der Waals surface area (Å²) < 4.78 is 32.6. The Bertz CT molecular complexity index is 1180. The Morgan fingerprint density at radius 2 is 1.62 bits per heavy atom. The lowest BCUT2D eigenvalue weighted by molar-refractivity contribution is -0.151. The number of hydrogen-bond acceptors (Lipinski definition) is 6. The van der Waals surface area contributed by atoms with Crippen molar-refractivity contribution in [1.82, 2.24) is 9.29 Å². The van der Waals surface area contributed by atoms with E-state index in [4.69, 9.17) is 4.74 Å². The molecule has 4 rings (SSSR count). The van der Waals surface area contributed by atoms with Crippen LogP contribution in [-0.2, 0) is 26.2 Å². The van der Waals surface area contributed by atoms with Crippen molar-refractivity contribution >= 4 is 27.3 Å². The molecule has 0 unspecified atom stereocenters. The summed E-state index contributed by atoms with van der Waals surface area (Å²) in [4.78, 5) is 17.4. The van der Waals surface area contributed by atoms with Crippen molar-refractivity contribution in [3.63, 3.8) is 0 Å². The van der Waals surface area contributed by atoms with Gasteiger partial charge in [0.15, 0.2) is 0 Å². The highest BCUT2D eigenvalue weighted by Crippen LogP contribution is 2.27. The number of aryl methyl sites for hydroxylation is 2. The third kappa shape index (κ3) is 5.09. The average Bonchev–Trinajstić information content (AvgIpc) is 3.27. The number of aromatic nitrogens is 1. The van der Waals surface area contributed by atoms with Gasteiger partial charge in [-0.25, -0.2) is 13.4 Å². The number of hydrogen-bond donors (Lipinski definition) is 0. The molecule has 0 saturated carbocycles. The summed E-state index contributed by atoms with van der Waals surface area (Å²) >= 11 is 1.52. The van der Waals surface area contributed by atoms with Crippen LogP contribution in [0.3, 0.4) is 0 Å². The highest BCUT2D eigenvalue weighted by molar-refractivity contribution is 7.89. The lowest BCUT2D eigenvalue weighted by Crippen LogP contribution is -2.40. The summed E-state index contributed by atoms with van der Waals surface area (Å²) in [5.74, 6) is -0.586. The minimum atomic E-state index is -3.54. The lowest BCUT2D eigenvalue weighted by atomic mass is 9.98. The van der Waals surface area contributed by atoms with Crippen molar-refractivity contribution in [2.75, 3.05) is 13.1 Å². The number of sulfonamides is 1. The Balaban J connectivity index is 1.29. The third-order valence-corrected chi connectivity index (χ3v) is 8.51. The summed E-state index contributed by atoms with van der Waals surface area (Å²) in [5.41, 5.74) is 3.97. The van der Waals surface area contributed by atoms with E-state index in [9.17, 15) is 13.2 Å². The summed E-state index contributed by atoms with van der Waals surface area (Å²) in [6, 6.07) is 15.0. The number of benzene rings is 2. The van der Waals surface area contributed by atoms with Crippen LogP contribution in [0.15, 0.2) is 58.8 Å². The summed E-state index contributed by atoms with van der Waals surface area (Å²) in [5, 5.41) is 2.80. The van der Waals surface area contributed by atoms with E-state index in [1.54, 1.807) is 24.3 Å². The van der Waals surface area contributed by atoms with Crippen LogP contribution in [0.25, 0.3) is 10.6 Å². The Kier molecular flexibility index (Phi) is 6.74. The van der Waals surface area contributed by atoms with Crippen LogP contribution in [0, 0.1) is 19.8 Å². The number of carbonyl (C=O) groups excluding carboxylic acids is 1. The van der Waals surface area contributed by atoms with E-state index in [-0.39, 0.29) is 23.4 Å². The van der Waals surface area contributed by atoms with E-state index in [1.165, 1.54) is 21.2 Å². The fraction of sp³-hybridized carbons (Fsp3) is 0.333. The van der Waals surface area contributed by atoms with E-state index >= 15 is 0 Å². The van der Waals surface area contributed by atoms with Crippen LogP contribution in [-0.4, -0.2) is 36.8 Å². The number of rotatable bonds is 6. The van der Waals surface area contributed by atoms with Gasteiger partial charge in [-0.2, -0.15) is 4.31 Å². The van der Waals surface area contributed by atoms with Gasteiger partial charge in [-0.1, -0.05) is 47.5 Å². The smallest absolute Gasteiger partial charge is 0.309 e. The number of carbonyl (C=O) groups is 1. The number of thiazole rings is 1. The molecule has 1 aliphatic heterocycles. The van der Waals surface area contributed by atoms with Crippen molar-refractivity contribution in [3.8, 4) is 10.6 Å². The second-order valence-corrected chi connectivity index (χ2v) is 10.9. The fourth-order valence-electron chi connectivity index (χ4n) is 3.66. The molecule has 8 heteroatoms. The van der Waals surface area contributed by atoms with Gasteiger partial charge in [0, 0.05) is 24.0 Å². The molecule has 0 amide bonds. The van der Waals surface area contributed by atoms with Gasteiger partial charge < -0.3 is 4.74 Å². The van der Waals surface area contributed by atoms with E-state index < -0.39 is 10.0 Å². The zero-order valence-electron chi connectivity index (χ0n) is 18.2. The van der Waals surface area contributed by atoms with E-state index in [0.717, 1.165) is 21.8 Å². The molecule has 3 aromatic rings. The zero-order chi connectivity index (χ0) is 22.7. The van der Waals surface area contributed by atoms with Crippen molar-refractivity contribution in [2.24, 2.45) is 5.92 Å². The standard InChI is InChI=1S/C24H26N2O4S2/c1-17-3-7-19(8-4-17)23-25-21(16-31-23)15-30-24(27)20-11-13-26(14-12-20)32(28,29)22-9-5-18(2)6-10-22/h3-10,16,20H,11-15H2,1-2H3. The summed E-state index contributed by atoms with van der Waals surface area (Å²) in [6.07, 6.45) is 0.908. The van der Waals surface area contributed by atoms with Gasteiger partial charge in [-0.05, 0) is 38.8 Å². The normalized spacial score (nSPS) is 15.6. The molecule has 32 heavy (non-hydrogen) atoms. The molecule has 2 aromatic carbocycles. The van der Waals surface area contributed by atoms with Crippen LogP contribution < -0.4 is 0 Å². The number of ether oxygens (including phenoxy) is 1. The molecular weight excluding hydrogens is 444 g/mol. The zero-order valence-corrected chi connectivity index (χ0v) is 19.8. The van der Waals surface area contributed by atoms with Gasteiger partial charge in [-0.3, -0.25) is 4.79 Å². The Morgan fingerprint density at radius 3 is 2.25 bits per heavy atom. The molecule has 1 aliphatic rings. The van der Waals surface area contributed by atoms with E-state index in [1.807, 2.05) is 43.5 Å². The monoisotopic (exact) mass is 470 g/mol. The molecule has 0 radical (unpaired) electrons. The highest BCUT2D eigenvalue weighted by atomic mass is 32.2. The van der Waals surface area contributed by atoms with Crippen molar-refractivity contribution in [1.29, 1.82) is 0 Å². The minimum Gasteiger partial charge on any atom is -0.459 e. The van der Waals surface area contributed by atoms with Gasteiger partial charge in [0.05, 0.1) is 16.5 Å². The molecule has 0 aliphatic carbocycles. The highest BCUT2D eigenvalue weighted by Gasteiger charge is 2.32. The molecule has 6 nitrogen and oxygen atoms in total. The Morgan fingerprint density at radius 1 is 1.03 bits per heavy atom. The van der Waals surface area contributed by atoms with Gasteiger partial charge in [0.1, 0.15) is 11.6 Å². The van der Waals surface area contributed by atoms with Crippen molar-refractivity contribution in [2.45, 2.75) is 38.2 Å². The second kappa shape index (κ2) is 9.52. The molecule has 1 aromatic heterocycles. The molecule has 1 fully saturated rings. The van der Waals surface area contributed by atoms with E-state index in [0.29, 0.717) is 25.9 Å². The molecule has 1 saturated heterocycles. The largest absolute Gasteiger partial charge is 0.459 e. The lowest BCUT2D eigenvalue weighted by Gasteiger charge is -2.30. The molecule has 2 heterocycles. The Labute approximate surface area is 192 Å². The van der Waals surface area contributed by atoms with Crippen LogP contribution in [0.5, 0.6) is 0 Å². The molecule has 0 spiro atoms. The van der Waals surface area contributed by atoms with E-state index in [2.05, 4.69) is 4.98 Å². The average molecular weight is 471 g/mol. The van der Waals surface area contributed by atoms with Gasteiger partial charge in [-0.15, -0.1) is 11.3 Å². The van der Waals surface area contributed by atoms with Gasteiger partial charge >= 0.3 is 5.97 Å². The van der Waals surface area contributed by atoms with Crippen LogP contribution in [0.1, 0.15) is 29.7 Å². The first kappa shape index (κ1) is 22.6. The van der Waals surface area contributed by atoms with Gasteiger partial charge in [0.2, 0.25) is 10.0 Å². The predicted molar refractivity (Wildman–Crippen MR) is 125 cm³/mol.